The van der Waals surface area contributed by atoms with Gasteiger partial charge in [0.2, 0.25) is 0 Å². The first-order valence-corrected chi connectivity index (χ1v) is 22.5. The molecule has 2 aromatic carbocycles. The highest BCUT2D eigenvalue weighted by atomic mass is 28.3. The van der Waals surface area contributed by atoms with Crippen molar-refractivity contribution in [2.24, 2.45) is 47.3 Å². The molecule has 0 nitrogen and oxygen atoms in total. The molecule has 0 radical (unpaired) electrons. The smallest absolute Gasteiger partial charge is 0.0553 e. The highest BCUT2D eigenvalue weighted by molar-refractivity contribution is 6.80. The monoisotopic (exact) mass is 640 g/mol. The van der Waals surface area contributed by atoms with Gasteiger partial charge in [-0.05, 0) is 141 Å². The van der Waals surface area contributed by atoms with Gasteiger partial charge in [0.1, 0.15) is 0 Å². The molecule has 0 saturated heterocycles. The van der Waals surface area contributed by atoms with E-state index >= 15 is 0 Å². The van der Waals surface area contributed by atoms with E-state index in [1.54, 1.807) is 11.1 Å². The van der Waals surface area contributed by atoms with Crippen LogP contribution in [0.1, 0.15) is 102 Å². The van der Waals surface area contributed by atoms with Crippen molar-refractivity contribution in [2.45, 2.75) is 115 Å². The summed E-state index contributed by atoms with van der Waals surface area (Å²) in [7, 11) is -1.71. The molecule has 0 spiro atoms. The summed E-state index contributed by atoms with van der Waals surface area (Å²) in [4.78, 5) is 0. The van der Waals surface area contributed by atoms with E-state index in [1.807, 2.05) is 0 Å². The lowest BCUT2D eigenvalue weighted by Gasteiger charge is -2.47. The maximum absolute atomic E-state index is 2.89. The summed E-state index contributed by atoms with van der Waals surface area (Å²) in [6, 6.07) is 19.4. The first-order chi connectivity index (χ1) is 22.3. The summed E-state index contributed by atoms with van der Waals surface area (Å²) in [5.41, 5.74) is 11.3. The molecule has 0 aromatic heterocycles. The molecule has 2 aromatic rings. The van der Waals surface area contributed by atoms with Crippen LogP contribution in [0.3, 0.4) is 0 Å². The van der Waals surface area contributed by atoms with Gasteiger partial charge in [-0.2, -0.15) is 0 Å². The summed E-state index contributed by atoms with van der Waals surface area (Å²) in [5.74, 6) is 6.61. The highest BCUT2D eigenvalue weighted by Gasteiger charge is 2.62. The fourth-order valence-corrected chi connectivity index (χ4v) is 17.7. The minimum Gasteiger partial charge on any atom is -0.0808 e. The summed E-state index contributed by atoms with van der Waals surface area (Å²) in [6.45, 7) is 19.8. The van der Waals surface area contributed by atoms with Gasteiger partial charge in [-0.15, -0.1) is 0 Å². The maximum Gasteiger partial charge on any atom is 0.0553 e. The van der Waals surface area contributed by atoms with Gasteiger partial charge < -0.3 is 0 Å². The van der Waals surface area contributed by atoms with Crippen LogP contribution in [0.5, 0.6) is 0 Å². The van der Waals surface area contributed by atoms with E-state index in [-0.39, 0.29) is 10.8 Å². The Hall–Kier alpha value is -2.38. The zero-order chi connectivity index (χ0) is 32.9. The first kappa shape index (κ1) is 31.9. The third-order valence-corrected chi connectivity index (χ3v) is 19.2. The number of benzene rings is 2. The molecule has 0 N–H and O–H groups in total. The molecule has 0 heterocycles. The predicted octanol–water partition coefficient (Wildman–Crippen LogP) is 12.7. The summed E-state index contributed by atoms with van der Waals surface area (Å²) in [5, 5.41) is 0. The number of hydrogen-bond donors (Lipinski definition) is 0. The van der Waals surface area contributed by atoms with Crippen molar-refractivity contribution >= 4 is 19.2 Å². The maximum atomic E-state index is 2.89. The number of hydrogen-bond acceptors (Lipinski definition) is 0. The van der Waals surface area contributed by atoms with Crippen LogP contribution in [-0.2, 0) is 10.8 Å². The quantitative estimate of drug-likeness (QED) is 0.276. The van der Waals surface area contributed by atoms with Crippen LogP contribution in [-0.4, -0.2) is 8.07 Å². The lowest BCUT2D eigenvalue weighted by Crippen LogP contribution is -2.47. The second-order valence-electron chi connectivity index (χ2n) is 19.4. The normalized spacial score (nSPS) is 33.8. The summed E-state index contributed by atoms with van der Waals surface area (Å²) < 4.78 is 0. The molecule has 0 bridgehead atoms. The molecular weight excluding hydrogens is 581 g/mol. The third-order valence-electron chi connectivity index (χ3n) is 14.1. The van der Waals surface area contributed by atoms with Gasteiger partial charge in [-0.3, -0.25) is 0 Å². The fraction of sp³-hybridized carbons (Fsp3) is 0.565. The van der Waals surface area contributed by atoms with Gasteiger partial charge >= 0.3 is 0 Å². The van der Waals surface area contributed by atoms with Gasteiger partial charge in [0.05, 0.1) is 8.07 Å². The van der Waals surface area contributed by atoms with Crippen LogP contribution in [0.25, 0.3) is 11.1 Å². The molecule has 248 valence electrons. The largest absolute Gasteiger partial charge is 0.0808 e. The van der Waals surface area contributed by atoms with Crippen LogP contribution in [0, 0.1) is 47.3 Å². The Labute approximate surface area is 287 Å². The van der Waals surface area contributed by atoms with E-state index in [0.717, 1.165) is 46.6 Å². The fourth-order valence-electron chi connectivity index (χ4n) is 11.5. The molecule has 4 fully saturated rings. The van der Waals surface area contributed by atoms with E-state index < -0.39 is 8.07 Å². The molecular formula is C46H60Si. The molecule has 0 aliphatic heterocycles. The lowest BCUT2D eigenvalue weighted by molar-refractivity contribution is 0.415. The molecule has 6 aliphatic carbocycles. The Kier molecular flexibility index (Phi) is 7.68. The van der Waals surface area contributed by atoms with Gasteiger partial charge in [-0.1, -0.05) is 140 Å². The zero-order valence-electron chi connectivity index (χ0n) is 30.6. The molecule has 0 amide bonds. The van der Waals surface area contributed by atoms with E-state index in [0.29, 0.717) is 11.8 Å². The minimum absolute atomic E-state index is 0.197. The number of fused-ring (bicyclic) bond motifs is 2. The van der Waals surface area contributed by atoms with Crippen LogP contribution >= 0.6 is 0 Å². The Morgan fingerprint density at radius 1 is 0.532 bits per heavy atom. The molecule has 6 aliphatic rings. The van der Waals surface area contributed by atoms with Crippen molar-refractivity contribution in [3.63, 3.8) is 0 Å². The first-order valence-electron chi connectivity index (χ1n) is 19.3. The summed E-state index contributed by atoms with van der Waals surface area (Å²) >= 11 is 0. The third kappa shape index (κ3) is 5.65. The molecule has 8 atom stereocenters. The molecule has 47 heavy (non-hydrogen) atoms. The van der Waals surface area contributed by atoms with Gasteiger partial charge in [-0.25, -0.2) is 0 Å². The van der Waals surface area contributed by atoms with E-state index in [4.69, 9.17) is 0 Å². The molecule has 8 unspecified atom stereocenters. The van der Waals surface area contributed by atoms with Gasteiger partial charge in [0, 0.05) is 0 Å². The zero-order valence-corrected chi connectivity index (χ0v) is 31.6. The van der Waals surface area contributed by atoms with Crippen molar-refractivity contribution in [2.75, 3.05) is 0 Å². The van der Waals surface area contributed by atoms with Crippen molar-refractivity contribution in [1.29, 1.82) is 0 Å². The van der Waals surface area contributed by atoms with Gasteiger partial charge in [0.15, 0.2) is 0 Å². The Morgan fingerprint density at radius 2 is 0.894 bits per heavy atom. The summed E-state index contributed by atoms with van der Waals surface area (Å²) in [6.07, 6.45) is 24.1. The van der Waals surface area contributed by atoms with Crippen LogP contribution in [0.15, 0.2) is 85.0 Å². The predicted molar refractivity (Wildman–Crippen MR) is 205 cm³/mol. The highest BCUT2D eigenvalue weighted by Crippen LogP contribution is 2.69. The Morgan fingerprint density at radius 3 is 1.21 bits per heavy atom. The van der Waals surface area contributed by atoms with E-state index in [2.05, 4.69) is 140 Å². The van der Waals surface area contributed by atoms with Crippen molar-refractivity contribution in [1.82, 2.24) is 0 Å². The van der Waals surface area contributed by atoms with Crippen molar-refractivity contribution in [3.8, 4) is 0 Å². The second kappa shape index (κ2) is 11.3. The average Bonchev–Trinajstić information content (AvgIpc) is 3.98. The Bertz CT molecular complexity index is 1480. The van der Waals surface area contributed by atoms with E-state index in [1.165, 1.54) is 60.8 Å². The minimum atomic E-state index is -1.71. The Balaban J connectivity index is 1.11. The second-order valence-corrected chi connectivity index (χ2v) is 24.4. The topological polar surface area (TPSA) is 0 Å². The molecule has 1 heteroatoms. The van der Waals surface area contributed by atoms with Crippen LogP contribution in [0.2, 0.25) is 24.2 Å². The average molecular weight is 641 g/mol. The van der Waals surface area contributed by atoms with Crippen LogP contribution < -0.4 is 0 Å². The lowest BCUT2D eigenvalue weighted by atomic mass is 9.80. The number of rotatable bonds is 6. The van der Waals surface area contributed by atoms with Crippen molar-refractivity contribution < 1.29 is 0 Å². The van der Waals surface area contributed by atoms with Crippen molar-refractivity contribution in [3.05, 3.63) is 107 Å². The SMILES string of the molecule is CC(C)(C)c1ccc(C2=CC=CC3C2CC(C2CC2)C3[Si](C)(C)C2C3C=CC=C(c4ccc(C(C)(C)C)cc4)C3CC2C2CC2)cc1. The standard InChI is InChI=1S/C46H60Si/c1-45(2,3)33-23-19-29(20-24-33)35-11-9-13-37-41(35)27-39(31-15-16-31)43(37)47(7,8)44-38-14-10-12-36(42(38)28-40(44)32-17-18-32)30-21-25-34(26-22-30)46(4,5)6/h9-14,19-26,31-32,37-44H,15-18,27-28H2,1-8H3. The number of allylic oxidation sites excluding steroid dienone is 8. The van der Waals surface area contributed by atoms with E-state index in [9.17, 15) is 0 Å². The molecule has 8 rings (SSSR count). The van der Waals surface area contributed by atoms with Crippen LogP contribution in [0.4, 0.5) is 0 Å². The molecule has 4 saturated carbocycles. The van der Waals surface area contributed by atoms with Gasteiger partial charge in [0.25, 0.3) is 0 Å².